The zero-order valence-corrected chi connectivity index (χ0v) is 15.0. The molecule has 27 heavy (non-hydrogen) atoms. The predicted molar refractivity (Wildman–Crippen MR) is 102 cm³/mol. The predicted octanol–water partition coefficient (Wildman–Crippen LogP) is 3.25. The second-order valence-corrected chi connectivity index (χ2v) is 6.83. The molecule has 5 rings (SSSR count). The Morgan fingerprint density at radius 2 is 1.96 bits per heavy atom. The Hall–Kier alpha value is -3.22. The van der Waals surface area contributed by atoms with Crippen molar-refractivity contribution in [3.63, 3.8) is 0 Å². The summed E-state index contributed by atoms with van der Waals surface area (Å²) in [7, 11) is 1.59. The maximum Gasteiger partial charge on any atom is 0.284 e. The van der Waals surface area contributed by atoms with E-state index in [1.807, 2.05) is 18.2 Å². The number of hydrogen-bond donors (Lipinski definition) is 0. The maximum atomic E-state index is 13.2. The van der Waals surface area contributed by atoms with E-state index in [4.69, 9.17) is 9.72 Å². The molecule has 0 saturated heterocycles. The van der Waals surface area contributed by atoms with Crippen molar-refractivity contribution in [3.05, 3.63) is 53.2 Å². The van der Waals surface area contributed by atoms with Gasteiger partial charge in [-0.15, -0.1) is 0 Å². The van der Waals surface area contributed by atoms with Crippen LogP contribution in [0.5, 0.6) is 5.75 Å². The monoisotopic (exact) mass is 361 g/mol. The Balaban J connectivity index is 1.80. The molecule has 136 valence electrons. The number of nitrogens with zero attached hydrogens (tertiary/aromatic N) is 5. The molecule has 0 bridgehead atoms. The minimum Gasteiger partial charge on any atom is -0.496 e. The lowest BCUT2D eigenvalue weighted by molar-refractivity contribution is 0.419. The Morgan fingerprint density at radius 1 is 1.11 bits per heavy atom. The van der Waals surface area contributed by atoms with Crippen LogP contribution >= 0.6 is 0 Å². The summed E-state index contributed by atoms with van der Waals surface area (Å²) in [5, 5.41) is 0.697. The van der Waals surface area contributed by atoms with Crippen LogP contribution in [0.1, 0.15) is 31.7 Å². The van der Waals surface area contributed by atoms with Gasteiger partial charge in [0.15, 0.2) is 5.65 Å². The van der Waals surface area contributed by atoms with Gasteiger partial charge in [-0.1, -0.05) is 12.8 Å². The summed E-state index contributed by atoms with van der Waals surface area (Å²) < 4.78 is 9.06. The van der Waals surface area contributed by atoms with E-state index in [0.29, 0.717) is 28.6 Å². The van der Waals surface area contributed by atoms with Gasteiger partial charge in [-0.25, -0.2) is 9.97 Å². The van der Waals surface area contributed by atoms with Crippen molar-refractivity contribution in [2.45, 2.75) is 31.7 Å². The second kappa shape index (κ2) is 6.19. The van der Waals surface area contributed by atoms with Crippen LogP contribution in [0.4, 0.5) is 0 Å². The molecular weight excluding hydrogens is 342 g/mol. The summed E-state index contributed by atoms with van der Waals surface area (Å²) in [5.41, 5.74) is 1.78. The molecule has 0 spiro atoms. The number of pyridine rings is 3. The number of ether oxygens (including phenoxy) is 1. The third-order valence-electron chi connectivity index (χ3n) is 5.32. The minimum absolute atomic E-state index is 0.207. The molecule has 0 atom stereocenters. The zero-order valence-electron chi connectivity index (χ0n) is 15.0. The number of imidazole rings is 1. The van der Waals surface area contributed by atoms with Crippen LogP contribution in [0.3, 0.4) is 0 Å². The first-order valence-electron chi connectivity index (χ1n) is 9.15. The smallest absolute Gasteiger partial charge is 0.284 e. The molecule has 1 aliphatic carbocycles. The van der Waals surface area contributed by atoms with Gasteiger partial charge in [0.05, 0.1) is 7.11 Å². The molecular formula is C20H19N5O2. The molecule has 4 aromatic heterocycles. The topological polar surface area (TPSA) is 74.8 Å². The highest BCUT2D eigenvalue weighted by Gasteiger charge is 2.25. The fourth-order valence-electron chi connectivity index (χ4n) is 4.04. The lowest BCUT2D eigenvalue weighted by atomic mass is 10.2. The summed E-state index contributed by atoms with van der Waals surface area (Å²) in [5.74, 6) is 1.24. The standard InChI is InChI=1S/C20H19N5O2/c1-27-16-8-11-21-17-14(16)9-12-24(19(17)26)20-23-15-7-4-10-22-18(15)25(20)13-5-2-3-6-13/h4,7-13H,2-3,5-6H2,1H3. The molecule has 7 nitrogen and oxygen atoms in total. The van der Waals surface area contributed by atoms with Gasteiger partial charge in [-0.2, -0.15) is 0 Å². The fraction of sp³-hybridized carbons (Fsp3) is 0.300. The van der Waals surface area contributed by atoms with Crippen molar-refractivity contribution >= 4 is 22.1 Å². The van der Waals surface area contributed by atoms with Crippen LogP contribution in [0.15, 0.2) is 47.7 Å². The molecule has 0 radical (unpaired) electrons. The molecule has 0 aliphatic heterocycles. The van der Waals surface area contributed by atoms with Gasteiger partial charge in [-0.05, 0) is 37.1 Å². The van der Waals surface area contributed by atoms with E-state index in [0.717, 1.165) is 24.0 Å². The molecule has 0 N–H and O–H groups in total. The molecule has 0 aromatic carbocycles. The third kappa shape index (κ3) is 2.42. The van der Waals surface area contributed by atoms with Gasteiger partial charge in [0.25, 0.3) is 5.56 Å². The first-order valence-corrected chi connectivity index (χ1v) is 9.15. The molecule has 1 aliphatic rings. The van der Waals surface area contributed by atoms with Crippen molar-refractivity contribution in [1.82, 2.24) is 24.1 Å². The highest BCUT2D eigenvalue weighted by molar-refractivity contribution is 5.84. The van der Waals surface area contributed by atoms with E-state index in [9.17, 15) is 4.79 Å². The average molecular weight is 361 g/mol. The number of aromatic nitrogens is 5. The number of fused-ring (bicyclic) bond motifs is 2. The number of methoxy groups -OCH3 is 1. The van der Waals surface area contributed by atoms with Crippen molar-refractivity contribution in [3.8, 4) is 11.7 Å². The van der Waals surface area contributed by atoms with Crippen LogP contribution in [0.2, 0.25) is 0 Å². The Bertz CT molecular complexity index is 1200. The summed E-state index contributed by atoms with van der Waals surface area (Å²) >= 11 is 0. The lowest BCUT2D eigenvalue weighted by Gasteiger charge is -2.16. The fourth-order valence-corrected chi connectivity index (χ4v) is 4.04. The Labute approximate surface area is 155 Å². The van der Waals surface area contributed by atoms with E-state index in [-0.39, 0.29) is 5.56 Å². The van der Waals surface area contributed by atoms with Crippen LogP contribution in [0.25, 0.3) is 28.0 Å². The van der Waals surface area contributed by atoms with E-state index >= 15 is 0 Å². The molecule has 7 heteroatoms. The SMILES string of the molecule is COc1ccnc2c(=O)n(-c3nc4cccnc4n3C3CCCC3)ccc12. The highest BCUT2D eigenvalue weighted by atomic mass is 16.5. The largest absolute Gasteiger partial charge is 0.496 e. The van der Waals surface area contributed by atoms with Gasteiger partial charge < -0.3 is 4.74 Å². The first-order chi connectivity index (χ1) is 13.3. The number of rotatable bonds is 3. The Kier molecular flexibility index (Phi) is 3.67. The quantitative estimate of drug-likeness (QED) is 0.560. The lowest BCUT2D eigenvalue weighted by Crippen LogP contribution is -2.23. The van der Waals surface area contributed by atoms with Gasteiger partial charge in [-0.3, -0.25) is 18.9 Å². The molecule has 1 saturated carbocycles. The maximum absolute atomic E-state index is 13.2. The van der Waals surface area contributed by atoms with Gasteiger partial charge in [0.1, 0.15) is 16.8 Å². The molecule has 0 unspecified atom stereocenters. The van der Waals surface area contributed by atoms with Crippen molar-refractivity contribution in [2.75, 3.05) is 7.11 Å². The second-order valence-electron chi connectivity index (χ2n) is 6.83. The minimum atomic E-state index is -0.207. The van der Waals surface area contributed by atoms with E-state index < -0.39 is 0 Å². The zero-order chi connectivity index (χ0) is 18.4. The van der Waals surface area contributed by atoms with Crippen LogP contribution in [0, 0.1) is 0 Å². The summed E-state index contributed by atoms with van der Waals surface area (Å²) in [4.78, 5) is 26.8. The van der Waals surface area contributed by atoms with Gasteiger partial charge in [0, 0.05) is 30.0 Å². The number of hydrogen-bond acceptors (Lipinski definition) is 5. The van der Waals surface area contributed by atoms with Crippen molar-refractivity contribution < 1.29 is 4.74 Å². The third-order valence-corrected chi connectivity index (χ3v) is 5.32. The first kappa shape index (κ1) is 16.0. The van der Waals surface area contributed by atoms with E-state index in [1.165, 1.54) is 12.8 Å². The van der Waals surface area contributed by atoms with Gasteiger partial charge >= 0.3 is 0 Å². The average Bonchev–Trinajstić information content (AvgIpc) is 3.35. The van der Waals surface area contributed by atoms with E-state index in [1.54, 1.807) is 36.3 Å². The normalized spacial score (nSPS) is 15.0. The summed E-state index contributed by atoms with van der Waals surface area (Å²) in [6.45, 7) is 0. The van der Waals surface area contributed by atoms with Crippen molar-refractivity contribution in [2.24, 2.45) is 0 Å². The van der Waals surface area contributed by atoms with Crippen LogP contribution < -0.4 is 10.3 Å². The van der Waals surface area contributed by atoms with Crippen LogP contribution in [-0.4, -0.2) is 31.2 Å². The summed E-state index contributed by atoms with van der Waals surface area (Å²) in [6, 6.07) is 7.72. The summed E-state index contributed by atoms with van der Waals surface area (Å²) in [6.07, 6.45) is 9.63. The van der Waals surface area contributed by atoms with Gasteiger partial charge in [0.2, 0.25) is 5.95 Å². The molecule has 4 aromatic rings. The molecule has 1 fully saturated rings. The Morgan fingerprint density at radius 3 is 2.78 bits per heavy atom. The molecule has 0 amide bonds. The van der Waals surface area contributed by atoms with Crippen LogP contribution in [-0.2, 0) is 0 Å². The highest BCUT2D eigenvalue weighted by Crippen LogP contribution is 2.34. The van der Waals surface area contributed by atoms with Crippen molar-refractivity contribution in [1.29, 1.82) is 0 Å². The molecule has 4 heterocycles. The van der Waals surface area contributed by atoms with E-state index in [2.05, 4.69) is 14.5 Å².